The summed E-state index contributed by atoms with van der Waals surface area (Å²) in [6.45, 7) is 3.91. The molecule has 5 nitrogen and oxygen atoms in total. The van der Waals surface area contributed by atoms with E-state index in [0.717, 1.165) is 30.5 Å². The quantitative estimate of drug-likeness (QED) is 0.678. The van der Waals surface area contributed by atoms with Gasteiger partial charge >= 0.3 is 5.97 Å². The Labute approximate surface area is 117 Å². The van der Waals surface area contributed by atoms with Crippen LogP contribution in [0.2, 0.25) is 5.28 Å². The van der Waals surface area contributed by atoms with Crippen molar-refractivity contribution in [1.82, 2.24) is 9.97 Å². The van der Waals surface area contributed by atoms with Crippen LogP contribution in [0.4, 0.5) is 5.82 Å². The van der Waals surface area contributed by atoms with Crippen LogP contribution in [0.3, 0.4) is 0 Å². The number of esters is 1. The van der Waals surface area contributed by atoms with E-state index in [2.05, 4.69) is 15.3 Å². The average Bonchev–Trinajstić information content (AvgIpc) is 2.82. The second-order valence-electron chi connectivity index (χ2n) is 5.01. The van der Waals surface area contributed by atoms with Crippen molar-refractivity contribution < 1.29 is 9.53 Å². The SMILES string of the molecule is COC(=O)[C@@H](Nc1nc(Cl)nc2c1CCC2)C(C)C. The highest BCUT2D eigenvalue weighted by Gasteiger charge is 2.26. The number of hydrogen-bond donors (Lipinski definition) is 1. The van der Waals surface area contributed by atoms with Crippen LogP contribution in [0, 0.1) is 5.92 Å². The van der Waals surface area contributed by atoms with Crippen LogP contribution >= 0.6 is 11.6 Å². The Balaban J connectivity index is 2.29. The molecule has 0 unspecified atom stereocenters. The lowest BCUT2D eigenvalue weighted by atomic mass is 10.0. The molecule has 6 heteroatoms. The first-order valence-electron chi connectivity index (χ1n) is 6.42. The molecule has 1 aromatic heterocycles. The summed E-state index contributed by atoms with van der Waals surface area (Å²) in [4.78, 5) is 20.2. The van der Waals surface area contributed by atoms with Crippen LogP contribution in [-0.2, 0) is 22.4 Å². The second-order valence-corrected chi connectivity index (χ2v) is 5.35. The van der Waals surface area contributed by atoms with Crippen molar-refractivity contribution in [2.24, 2.45) is 5.92 Å². The molecule has 104 valence electrons. The molecule has 1 N–H and O–H groups in total. The number of nitrogens with one attached hydrogen (secondary N) is 1. The van der Waals surface area contributed by atoms with Crippen molar-refractivity contribution >= 4 is 23.4 Å². The van der Waals surface area contributed by atoms with Crippen molar-refractivity contribution in [3.05, 3.63) is 16.5 Å². The molecule has 1 heterocycles. The molecule has 0 bridgehead atoms. The number of halogens is 1. The lowest BCUT2D eigenvalue weighted by Gasteiger charge is -2.21. The zero-order valence-corrected chi connectivity index (χ0v) is 12.1. The summed E-state index contributed by atoms with van der Waals surface area (Å²) in [7, 11) is 1.39. The number of carbonyl (C=O) groups is 1. The van der Waals surface area contributed by atoms with Gasteiger partial charge in [-0.15, -0.1) is 0 Å². The molecule has 0 fully saturated rings. The Kier molecular flexibility index (Phi) is 4.24. The largest absolute Gasteiger partial charge is 0.467 e. The van der Waals surface area contributed by atoms with Gasteiger partial charge in [-0.3, -0.25) is 0 Å². The summed E-state index contributed by atoms with van der Waals surface area (Å²) < 4.78 is 4.82. The van der Waals surface area contributed by atoms with Gasteiger partial charge in [0.05, 0.1) is 12.8 Å². The highest BCUT2D eigenvalue weighted by Crippen LogP contribution is 2.28. The number of carbonyl (C=O) groups excluding carboxylic acids is 1. The van der Waals surface area contributed by atoms with Gasteiger partial charge in [0.1, 0.15) is 11.9 Å². The van der Waals surface area contributed by atoms with Gasteiger partial charge in [-0.05, 0) is 36.8 Å². The van der Waals surface area contributed by atoms with Crippen molar-refractivity contribution in [3.63, 3.8) is 0 Å². The first-order chi connectivity index (χ1) is 9.02. The van der Waals surface area contributed by atoms with Crippen molar-refractivity contribution in [1.29, 1.82) is 0 Å². The molecule has 1 aliphatic rings. The molecule has 1 atom stereocenters. The van der Waals surface area contributed by atoms with Gasteiger partial charge in [-0.25, -0.2) is 14.8 Å². The van der Waals surface area contributed by atoms with Crippen molar-refractivity contribution in [3.8, 4) is 0 Å². The molecule has 0 spiro atoms. The van der Waals surface area contributed by atoms with E-state index in [9.17, 15) is 4.79 Å². The molecule has 1 aliphatic carbocycles. The summed E-state index contributed by atoms with van der Waals surface area (Å²) in [5.41, 5.74) is 2.05. The van der Waals surface area contributed by atoms with Gasteiger partial charge in [-0.2, -0.15) is 0 Å². The molecule has 0 saturated carbocycles. The van der Waals surface area contributed by atoms with Gasteiger partial charge in [0.2, 0.25) is 5.28 Å². The molecular weight excluding hydrogens is 266 g/mol. The van der Waals surface area contributed by atoms with Gasteiger partial charge in [-0.1, -0.05) is 13.8 Å². The summed E-state index contributed by atoms with van der Waals surface area (Å²) in [5.74, 6) is 0.464. The minimum atomic E-state index is -0.430. The first kappa shape index (κ1) is 14.1. The molecule has 0 saturated heterocycles. The lowest BCUT2D eigenvalue weighted by molar-refractivity contribution is -0.142. The minimum Gasteiger partial charge on any atom is -0.467 e. The number of aromatic nitrogens is 2. The van der Waals surface area contributed by atoms with Gasteiger partial charge in [0.15, 0.2) is 0 Å². The van der Waals surface area contributed by atoms with Crippen LogP contribution in [-0.4, -0.2) is 29.1 Å². The van der Waals surface area contributed by atoms with E-state index >= 15 is 0 Å². The Morgan fingerprint density at radius 1 is 1.37 bits per heavy atom. The maximum Gasteiger partial charge on any atom is 0.328 e. The topological polar surface area (TPSA) is 64.1 Å². The Bertz CT molecular complexity index is 491. The third-order valence-corrected chi connectivity index (χ3v) is 3.49. The smallest absolute Gasteiger partial charge is 0.328 e. The number of methoxy groups -OCH3 is 1. The van der Waals surface area contributed by atoms with E-state index in [4.69, 9.17) is 16.3 Å². The molecular formula is C13H18ClN3O2. The van der Waals surface area contributed by atoms with Crippen LogP contribution in [0.1, 0.15) is 31.5 Å². The van der Waals surface area contributed by atoms with Gasteiger partial charge in [0, 0.05) is 5.56 Å². The summed E-state index contributed by atoms with van der Waals surface area (Å²) in [5, 5.41) is 3.38. The standard InChI is InChI=1S/C13H18ClN3O2/c1-7(2)10(12(18)19-3)16-11-8-5-4-6-9(8)15-13(14)17-11/h7,10H,4-6H2,1-3H3,(H,15,16,17)/t10-/m0/s1. The zero-order valence-electron chi connectivity index (χ0n) is 11.4. The van der Waals surface area contributed by atoms with Crippen LogP contribution in [0.15, 0.2) is 0 Å². The molecule has 0 aromatic carbocycles. The van der Waals surface area contributed by atoms with Crippen molar-refractivity contribution in [2.75, 3.05) is 12.4 Å². The number of ether oxygens (including phenoxy) is 1. The predicted octanol–water partition coefficient (Wildman–Crippen LogP) is 2.23. The fraction of sp³-hybridized carbons (Fsp3) is 0.615. The van der Waals surface area contributed by atoms with E-state index < -0.39 is 6.04 Å². The Hall–Kier alpha value is -1.36. The molecule has 19 heavy (non-hydrogen) atoms. The number of rotatable bonds is 4. The van der Waals surface area contributed by atoms with Crippen LogP contribution in [0.25, 0.3) is 0 Å². The maximum absolute atomic E-state index is 11.8. The fourth-order valence-corrected chi connectivity index (χ4v) is 2.48. The second kappa shape index (κ2) is 5.74. The summed E-state index contributed by atoms with van der Waals surface area (Å²) in [6, 6.07) is -0.430. The average molecular weight is 284 g/mol. The molecule has 0 amide bonds. The zero-order chi connectivity index (χ0) is 14.0. The summed E-state index contributed by atoms with van der Waals surface area (Å²) >= 11 is 5.93. The highest BCUT2D eigenvalue weighted by molar-refractivity contribution is 6.28. The third-order valence-electron chi connectivity index (χ3n) is 3.32. The van der Waals surface area contributed by atoms with Crippen LogP contribution < -0.4 is 5.32 Å². The lowest BCUT2D eigenvalue weighted by Crippen LogP contribution is -2.36. The number of nitrogens with zero attached hydrogens (tertiary/aromatic N) is 2. The van der Waals surface area contributed by atoms with Crippen LogP contribution in [0.5, 0.6) is 0 Å². The Morgan fingerprint density at radius 3 is 2.74 bits per heavy atom. The number of fused-ring (bicyclic) bond motifs is 1. The van der Waals surface area contributed by atoms with Gasteiger partial charge in [0.25, 0.3) is 0 Å². The van der Waals surface area contributed by atoms with Gasteiger partial charge < -0.3 is 10.1 Å². The number of aryl methyl sites for hydroxylation is 1. The number of anilines is 1. The fourth-order valence-electron chi connectivity index (χ4n) is 2.29. The molecule has 1 aromatic rings. The first-order valence-corrected chi connectivity index (χ1v) is 6.80. The highest BCUT2D eigenvalue weighted by atomic mass is 35.5. The van der Waals surface area contributed by atoms with Crippen molar-refractivity contribution in [2.45, 2.75) is 39.2 Å². The number of hydrogen-bond acceptors (Lipinski definition) is 5. The third kappa shape index (κ3) is 2.97. The monoisotopic (exact) mass is 283 g/mol. The molecule has 2 rings (SSSR count). The normalized spacial score (nSPS) is 15.2. The van der Waals surface area contributed by atoms with E-state index in [1.807, 2.05) is 13.8 Å². The molecule has 0 radical (unpaired) electrons. The minimum absolute atomic E-state index is 0.0956. The Morgan fingerprint density at radius 2 is 2.11 bits per heavy atom. The predicted molar refractivity (Wildman–Crippen MR) is 73.3 cm³/mol. The van der Waals surface area contributed by atoms with E-state index in [-0.39, 0.29) is 17.2 Å². The van der Waals surface area contributed by atoms with E-state index in [0.29, 0.717) is 5.82 Å². The summed E-state index contributed by atoms with van der Waals surface area (Å²) in [6.07, 6.45) is 2.88. The van der Waals surface area contributed by atoms with E-state index in [1.165, 1.54) is 7.11 Å². The maximum atomic E-state index is 11.8. The van der Waals surface area contributed by atoms with E-state index in [1.54, 1.807) is 0 Å². The molecule has 0 aliphatic heterocycles.